The first kappa shape index (κ1) is 19.4. The van der Waals surface area contributed by atoms with Gasteiger partial charge in [0.05, 0.1) is 10.0 Å². The molecule has 144 valence electrons. The van der Waals surface area contributed by atoms with Gasteiger partial charge in [-0.3, -0.25) is 0 Å². The Bertz CT molecular complexity index is 1150. The molecule has 0 radical (unpaired) electrons. The third-order valence-electron chi connectivity index (χ3n) is 4.83. The molecule has 0 saturated carbocycles. The first-order valence-corrected chi connectivity index (χ1v) is 10.3. The lowest BCUT2D eigenvalue weighted by atomic mass is 10.0. The summed E-state index contributed by atoms with van der Waals surface area (Å²) >= 11 is 18.5. The summed E-state index contributed by atoms with van der Waals surface area (Å²) < 4.78 is 0. The maximum Gasteiger partial charge on any atom is 0.0612 e. The highest BCUT2D eigenvalue weighted by molar-refractivity contribution is 6.42. The first-order chi connectivity index (χ1) is 13.5. The molecule has 3 N–H and O–H groups in total. The molecule has 6 heteroatoms. The Morgan fingerprint density at radius 1 is 0.857 bits per heavy atom. The molecule has 4 aromatic rings. The number of halogens is 3. The molecule has 1 aromatic heterocycles. The lowest BCUT2D eigenvalue weighted by molar-refractivity contribution is 0.726. The SMILES string of the molecule is CNCCCc1cc(Nc2ccc(Cl)c(Cl)c2)cc2c1[nH]c1ccc(Cl)cc12. The van der Waals surface area contributed by atoms with E-state index in [-0.39, 0.29) is 0 Å². The van der Waals surface area contributed by atoms with Crippen molar-refractivity contribution in [2.45, 2.75) is 12.8 Å². The Balaban J connectivity index is 1.81. The molecule has 0 aliphatic carbocycles. The summed E-state index contributed by atoms with van der Waals surface area (Å²) in [5, 5.41) is 10.8. The monoisotopic (exact) mass is 431 g/mol. The van der Waals surface area contributed by atoms with Gasteiger partial charge in [-0.25, -0.2) is 0 Å². The van der Waals surface area contributed by atoms with Gasteiger partial charge in [0, 0.05) is 38.2 Å². The second-order valence-corrected chi connectivity index (χ2v) is 8.08. The van der Waals surface area contributed by atoms with Gasteiger partial charge in [-0.2, -0.15) is 0 Å². The second-order valence-electron chi connectivity index (χ2n) is 6.83. The molecule has 0 saturated heterocycles. The van der Waals surface area contributed by atoms with Crippen molar-refractivity contribution < 1.29 is 0 Å². The first-order valence-electron chi connectivity index (χ1n) is 9.15. The molecule has 0 amide bonds. The maximum absolute atomic E-state index is 6.26. The van der Waals surface area contributed by atoms with Crippen molar-refractivity contribution in [3.05, 3.63) is 69.2 Å². The minimum Gasteiger partial charge on any atom is -0.355 e. The maximum atomic E-state index is 6.26. The molecular formula is C22H20Cl3N3. The van der Waals surface area contributed by atoms with Crippen LogP contribution in [-0.2, 0) is 6.42 Å². The standard InChI is InChI=1S/C22H20Cl3N3/c1-26-8-2-3-13-9-16(27-15-5-6-19(24)20(25)12-15)11-18-17-10-14(23)4-7-21(17)28-22(13)18/h4-7,9-12,26-28H,2-3,8H2,1H3. The van der Waals surface area contributed by atoms with Crippen molar-refractivity contribution in [1.82, 2.24) is 10.3 Å². The van der Waals surface area contributed by atoms with E-state index in [4.69, 9.17) is 34.8 Å². The average molecular weight is 433 g/mol. The van der Waals surface area contributed by atoms with E-state index < -0.39 is 0 Å². The molecule has 4 rings (SSSR count). The van der Waals surface area contributed by atoms with Gasteiger partial charge in [0.1, 0.15) is 0 Å². The Hall–Kier alpha value is -1.91. The van der Waals surface area contributed by atoms with E-state index in [9.17, 15) is 0 Å². The molecule has 0 spiro atoms. The summed E-state index contributed by atoms with van der Waals surface area (Å²) in [4.78, 5) is 3.56. The molecular weight excluding hydrogens is 413 g/mol. The van der Waals surface area contributed by atoms with Crippen LogP contribution in [0.4, 0.5) is 11.4 Å². The zero-order chi connectivity index (χ0) is 19.7. The summed E-state index contributed by atoms with van der Waals surface area (Å²) in [5.74, 6) is 0. The van der Waals surface area contributed by atoms with Gasteiger partial charge in [0.25, 0.3) is 0 Å². The molecule has 0 aliphatic heterocycles. The summed E-state index contributed by atoms with van der Waals surface area (Å²) in [6.07, 6.45) is 2.02. The highest BCUT2D eigenvalue weighted by Gasteiger charge is 2.12. The number of H-pyrrole nitrogens is 1. The van der Waals surface area contributed by atoms with Crippen LogP contribution < -0.4 is 10.6 Å². The number of anilines is 2. The topological polar surface area (TPSA) is 39.8 Å². The molecule has 0 bridgehead atoms. The summed E-state index contributed by atoms with van der Waals surface area (Å²) in [5.41, 5.74) is 5.41. The van der Waals surface area contributed by atoms with Crippen molar-refractivity contribution in [2.75, 3.05) is 18.9 Å². The highest BCUT2D eigenvalue weighted by atomic mass is 35.5. The lowest BCUT2D eigenvalue weighted by Gasteiger charge is -2.11. The van der Waals surface area contributed by atoms with E-state index in [1.807, 2.05) is 37.4 Å². The van der Waals surface area contributed by atoms with Gasteiger partial charge < -0.3 is 15.6 Å². The molecule has 3 aromatic carbocycles. The third kappa shape index (κ3) is 3.94. The zero-order valence-electron chi connectivity index (χ0n) is 15.4. The number of fused-ring (bicyclic) bond motifs is 3. The predicted octanol–water partition coefficient (Wildman–Crippen LogP) is 7.18. The quantitative estimate of drug-likeness (QED) is 0.282. The third-order valence-corrected chi connectivity index (χ3v) is 5.81. The van der Waals surface area contributed by atoms with Crippen LogP contribution >= 0.6 is 34.8 Å². The van der Waals surface area contributed by atoms with Crippen LogP contribution in [-0.4, -0.2) is 18.6 Å². The Labute approximate surface area is 179 Å². The molecule has 28 heavy (non-hydrogen) atoms. The molecule has 1 heterocycles. The minimum absolute atomic E-state index is 0.529. The number of aromatic nitrogens is 1. The fourth-order valence-corrected chi connectivity index (χ4v) is 3.98. The van der Waals surface area contributed by atoms with E-state index in [1.165, 1.54) is 5.56 Å². The number of rotatable bonds is 6. The molecule has 3 nitrogen and oxygen atoms in total. The van der Waals surface area contributed by atoms with Crippen LogP contribution in [0, 0.1) is 0 Å². The van der Waals surface area contributed by atoms with Crippen molar-refractivity contribution in [3.8, 4) is 0 Å². The molecule has 0 aliphatic rings. The van der Waals surface area contributed by atoms with Gasteiger partial charge in [0.2, 0.25) is 0 Å². The Kier molecular flexibility index (Phi) is 5.70. The van der Waals surface area contributed by atoms with Crippen LogP contribution in [0.25, 0.3) is 21.8 Å². The number of benzene rings is 3. The summed E-state index contributed by atoms with van der Waals surface area (Å²) in [6, 6.07) is 15.8. The minimum atomic E-state index is 0.529. The van der Waals surface area contributed by atoms with Crippen LogP contribution in [0.1, 0.15) is 12.0 Å². The van der Waals surface area contributed by atoms with Crippen LogP contribution in [0.15, 0.2) is 48.5 Å². The number of hydrogen-bond acceptors (Lipinski definition) is 2. The van der Waals surface area contributed by atoms with Crippen molar-refractivity contribution >= 4 is 68.0 Å². The molecule has 0 unspecified atom stereocenters. The number of hydrogen-bond donors (Lipinski definition) is 3. The van der Waals surface area contributed by atoms with Gasteiger partial charge in [-0.05, 0) is 80.5 Å². The fourth-order valence-electron chi connectivity index (χ4n) is 3.51. The van der Waals surface area contributed by atoms with E-state index in [1.54, 1.807) is 6.07 Å². The fraction of sp³-hybridized carbons (Fsp3) is 0.182. The summed E-state index contributed by atoms with van der Waals surface area (Å²) in [7, 11) is 1.97. The molecule has 0 atom stereocenters. The normalized spacial score (nSPS) is 11.4. The zero-order valence-corrected chi connectivity index (χ0v) is 17.6. The van der Waals surface area contributed by atoms with E-state index in [0.29, 0.717) is 10.0 Å². The van der Waals surface area contributed by atoms with Crippen LogP contribution in [0.5, 0.6) is 0 Å². The van der Waals surface area contributed by atoms with E-state index in [0.717, 1.165) is 57.6 Å². The summed E-state index contributed by atoms with van der Waals surface area (Å²) in [6.45, 7) is 0.970. The predicted molar refractivity (Wildman–Crippen MR) is 123 cm³/mol. The van der Waals surface area contributed by atoms with Gasteiger partial charge >= 0.3 is 0 Å². The van der Waals surface area contributed by atoms with Crippen LogP contribution in [0.2, 0.25) is 15.1 Å². The average Bonchev–Trinajstić information content (AvgIpc) is 3.03. The Morgan fingerprint density at radius 3 is 2.50 bits per heavy atom. The highest BCUT2D eigenvalue weighted by Crippen LogP contribution is 2.34. The second kappa shape index (κ2) is 8.22. The number of aryl methyl sites for hydroxylation is 1. The van der Waals surface area contributed by atoms with Crippen molar-refractivity contribution in [3.63, 3.8) is 0 Å². The number of nitrogens with one attached hydrogen (secondary N) is 3. The number of aromatic amines is 1. The largest absolute Gasteiger partial charge is 0.355 e. The molecule has 0 fully saturated rings. The Morgan fingerprint density at radius 2 is 1.71 bits per heavy atom. The van der Waals surface area contributed by atoms with Crippen molar-refractivity contribution in [2.24, 2.45) is 0 Å². The van der Waals surface area contributed by atoms with E-state index >= 15 is 0 Å². The van der Waals surface area contributed by atoms with Gasteiger partial charge in [-0.1, -0.05) is 34.8 Å². The van der Waals surface area contributed by atoms with Crippen molar-refractivity contribution in [1.29, 1.82) is 0 Å². The van der Waals surface area contributed by atoms with Crippen LogP contribution in [0.3, 0.4) is 0 Å². The van der Waals surface area contributed by atoms with Gasteiger partial charge in [0.15, 0.2) is 0 Å². The lowest BCUT2D eigenvalue weighted by Crippen LogP contribution is -2.08. The van der Waals surface area contributed by atoms with Gasteiger partial charge in [-0.15, -0.1) is 0 Å². The smallest absolute Gasteiger partial charge is 0.0612 e. The van der Waals surface area contributed by atoms with E-state index in [2.05, 4.69) is 27.8 Å².